The summed E-state index contributed by atoms with van der Waals surface area (Å²) in [6, 6.07) is 12.2. The number of benzene rings is 2. The fourth-order valence-corrected chi connectivity index (χ4v) is 2.37. The van der Waals surface area contributed by atoms with E-state index in [-0.39, 0.29) is 6.03 Å². The average molecular weight is 365 g/mol. The second-order valence-electron chi connectivity index (χ2n) is 5.11. The third-order valence-electron chi connectivity index (χ3n) is 3.37. The van der Waals surface area contributed by atoms with E-state index in [1.165, 1.54) is 0 Å². The molecule has 0 heterocycles. The van der Waals surface area contributed by atoms with E-state index in [4.69, 9.17) is 25.8 Å². The standard InChI is InChI=1S/C18H21ClN2O4/c1-23-9-10-25-17-8-7-14(11-15(17)19)21-18(22)20-12-13-5-3-4-6-16(13)24-2/h3-8,11H,9-10,12H2,1-2H3,(H2,20,21,22). The highest BCUT2D eigenvalue weighted by molar-refractivity contribution is 6.32. The van der Waals surface area contributed by atoms with Crippen molar-refractivity contribution in [1.29, 1.82) is 0 Å². The van der Waals surface area contributed by atoms with E-state index in [1.807, 2.05) is 24.3 Å². The number of urea groups is 1. The van der Waals surface area contributed by atoms with Crippen molar-refractivity contribution in [2.24, 2.45) is 0 Å². The molecule has 0 radical (unpaired) electrons. The molecular weight excluding hydrogens is 344 g/mol. The maximum atomic E-state index is 12.0. The first-order valence-corrected chi connectivity index (χ1v) is 8.10. The minimum Gasteiger partial charge on any atom is -0.496 e. The van der Waals surface area contributed by atoms with Crippen molar-refractivity contribution >= 4 is 23.3 Å². The molecule has 134 valence electrons. The number of hydrogen-bond donors (Lipinski definition) is 2. The Labute approximate surface area is 152 Å². The predicted molar refractivity (Wildman–Crippen MR) is 97.7 cm³/mol. The van der Waals surface area contributed by atoms with Crippen LogP contribution < -0.4 is 20.1 Å². The van der Waals surface area contributed by atoms with Gasteiger partial charge < -0.3 is 24.8 Å². The van der Waals surface area contributed by atoms with Crippen LogP contribution in [0.5, 0.6) is 11.5 Å². The van der Waals surface area contributed by atoms with Crippen molar-refractivity contribution in [1.82, 2.24) is 5.32 Å². The summed E-state index contributed by atoms with van der Waals surface area (Å²) in [6.07, 6.45) is 0. The lowest BCUT2D eigenvalue weighted by atomic mass is 10.2. The molecule has 2 N–H and O–H groups in total. The Hall–Kier alpha value is -2.44. The fourth-order valence-electron chi connectivity index (χ4n) is 2.13. The van der Waals surface area contributed by atoms with Crippen LogP contribution >= 0.6 is 11.6 Å². The van der Waals surface area contributed by atoms with Crippen LogP contribution in [0.25, 0.3) is 0 Å². The number of methoxy groups -OCH3 is 2. The zero-order valence-electron chi connectivity index (χ0n) is 14.2. The van der Waals surface area contributed by atoms with E-state index in [1.54, 1.807) is 32.4 Å². The fraction of sp³-hybridized carbons (Fsp3) is 0.278. The van der Waals surface area contributed by atoms with Crippen LogP contribution in [0.4, 0.5) is 10.5 Å². The van der Waals surface area contributed by atoms with Gasteiger partial charge in [0.15, 0.2) is 0 Å². The number of hydrogen-bond acceptors (Lipinski definition) is 4. The minimum absolute atomic E-state index is 0.338. The maximum absolute atomic E-state index is 12.0. The lowest BCUT2D eigenvalue weighted by Crippen LogP contribution is -2.28. The van der Waals surface area contributed by atoms with E-state index < -0.39 is 0 Å². The van der Waals surface area contributed by atoms with Crippen molar-refractivity contribution in [3.8, 4) is 11.5 Å². The molecule has 0 saturated carbocycles. The van der Waals surface area contributed by atoms with Gasteiger partial charge in [-0.1, -0.05) is 29.8 Å². The molecule has 2 rings (SSSR count). The molecule has 0 unspecified atom stereocenters. The van der Waals surface area contributed by atoms with Crippen LogP contribution in [0, 0.1) is 0 Å². The van der Waals surface area contributed by atoms with Crippen LogP contribution in [0.3, 0.4) is 0 Å². The Bertz CT molecular complexity index is 709. The van der Waals surface area contributed by atoms with Gasteiger partial charge in [0.05, 0.1) is 18.7 Å². The largest absolute Gasteiger partial charge is 0.496 e. The number of ether oxygens (including phenoxy) is 3. The number of carbonyl (C=O) groups is 1. The second kappa shape index (κ2) is 9.76. The van der Waals surface area contributed by atoms with E-state index in [0.29, 0.717) is 36.2 Å². The second-order valence-corrected chi connectivity index (χ2v) is 5.51. The summed E-state index contributed by atoms with van der Waals surface area (Å²) in [4.78, 5) is 12.0. The molecule has 0 saturated heterocycles. The minimum atomic E-state index is -0.338. The van der Waals surface area contributed by atoms with Gasteiger partial charge in [-0.05, 0) is 24.3 Å². The molecular formula is C18H21ClN2O4. The zero-order valence-corrected chi connectivity index (χ0v) is 14.9. The Balaban J connectivity index is 1.88. The van der Waals surface area contributed by atoms with Crippen molar-refractivity contribution in [2.75, 3.05) is 32.8 Å². The number of carbonyl (C=O) groups excluding carboxylic acids is 1. The van der Waals surface area contributed by atoms with E-state index in [9.17, 15) is 4.79 Å². The highest BCUT2D eigenvalue weighted by Gasteiger charge is 2.08. The van der Waals surface area contributed by atoms with Crippen LogP contribution in [0.1, 0.15) is 5.56 Å². The highest BCUT2D eigenvalue weighted by atomic mass is 35.5. The van der Waals surface area contributed by atoms with Gasteiger partial charge in [-0.15, -0.1) is 0 Å². The number of anilines is 1. The maximum Gasteiger partial charge on any atom is 0.319 e. The number of para-hydroxylation sites is 1. The normalized spacial score (nSPS) is 10.2. The molecule has 0 aliphatic carbocycles. The summed E-state index contributed by atoms with van der Waals surface area (Å²) < 4.78 is 15.6. The van der Waals surface area contributed by atoms with E-state index in [2.05, 4.69) is 10.6 Å². The third-order valence-corrected chi connectivity index (χ3v) is 3.66. The Morgan fingerprint density at radius 3 is 2.60 bits per heavy atom. The van der Waals surface area contributed by atoms with Crippen LogP contribution in [-0.2, 0) is 11.3 Å². The molecule has 0 spiro atoms. The smallest absolute Gasteiger partial charge is 0.319 e. The van der Waals surface area contributed by atoms with Crippen molar-refractivity contribution in [3.63, 3.8) is 0 Å². The SMILES string of the molecule is COCCOc1ccc(NC(=O)NCc2ccccc2OC)cc1Cl. The van der Waals surface area contributed by atoms with Gasteiger partial charge in [0, 0.05) is 24.9 Å². The monoisotopic (exact) mass is 364 g/mol. The van der Waals surface area contributed by atoms with Crippen LogP contribution in [0.15, 0.2) is 42.5 Å². The Morgan fingerprint density at radius 2 is 1.88 bits per heavy atom. The summed E-state index contributed by atoms with van der Waals surface area (Å²) in [7, 11) is 3.19. The molecule has 0 atom stereocenters. The molecule has 25 heavy (non-hydrogen) atoms. The van der Waals surface area contributed by atoms with Crippen molar-refractivity contribution < 1.29 is 19.0 Å². The first-order valence-electron chi connectivity index (χ1n) is 7.72. The molecule has 2 aromatic carbocycles. The third kappa shape index (κ3) is 5.85. The van der Waals surface area contributed by atoms with E-state index in [0.717, 1.165) is 11.3 Å². The summed E-state index contributed by atoms with van der Waals surface area (Å²) in [5.41, 5.74) is 1.46. The molecule has 6 nitrogen and oxygen atoms in total. The highest BCUT2D eigenvalue weighted by Crippen LogP contribution is 2.27. The number of nitrogens with one attached hydrogen (secondary N) is 2. The molecule has 2 aromatic rings. The van der Waals surface area contributed by atoms with Crippen LogP contribution in [-0.4, -0.2) is 33.5 Å². The topological polar surface area (TPSA) is 68.8 Å². The molecule has 7 heteroatoms. The van der Waals surface area contributed by atoms with Gasteiger partial charge in [0.1, 0.15) is 18.1 Å². The summed E-state index contributed by atoms with van der Waals surface area (Å²) in [5, 5.41) is 5.92. The number of halogens is 1. The first kappa shape index (κ1) is 18.9. The molecule has 2 amide bonds. The Kier molecular flexibility index (Phi) is 7.37. The van der Waals surface area contributed by atoms with Gasteiger partial charge in [-0.2, -0.15) is 0 Å². The van der Waals surface area contributed by atoms with Gasteiger partial charge >= 0.3 is 6.03 Å². The summed E-state index contributed by atoms with van der Waals surface area (Å²) >= 11 is 6.15. The molecule has 0 aromatic heterocycles. The predicted octanol–water partition coefficient (Wildman–Crippen LogP) is 3.70. The number of amides is 2. The van der Waals surface area contributed by atoms with Crippen LogP contribution in [0.2, 0.25) is 5.02 Å². The molecule has 0 aliphatic heterocycles. The van der Waals surface area contributed by atoms with Crippen molar-refractivity contribution in [2.45, 2.75) is 6.54 Å². The van der Waals surface area contributed by atoms with Gasteiger partial charge in [0.25, 0.3) is 0 Å². The van der Waals surface area contributed by atoms with Crippen molar-refractivity contribution in [3.05, 3.63) is 53.1 Å². The molecule has 0 fully saturated rings. The van der Waals surface area contributed by atoms with Gasteiger partial charge in [0.2, 0.25) is 0 Å². The quantitative estimate of drug-likeness (QED) is 0.701. The number of rotatable bonds is 8. The summed E-state index contributed by atoms with van der Waals surface area (Å²) in [5.74, 6) is 1.27. The summed E-state index contributed by atoms with van der Waals surface area (Å²) in [6.45, 7) is 1.23. The zero-order chi connectivity index (χ0) is 18.1. The van der Waals surface area contributed by atoms with E-state index >= 15 is 0 Å². The lowest BCUT2D eigenvalue weighted by molar-refractivity contribution is 0.146. The van der Waals surface area contributed by atoms with Gasteiger partial charge in [-0.25, -0.2) is 4.79 Å². The lowest BCUT2D eigenvalue weighted by Gasteiger charge is -2.12. The molecule has 0 bridgehead atoms. The van der Waals surface area contributed by atoms with Gasteiger partial charge in [-0.3, -0.25) is 0 Å². The average Bonchev–Trinajstić information content (AvgIpc) is 2.62. The molecule has 0 aliphatic rings. The Morgan fingerprint density at radius 1 is 1.08 bits per heavy atom. The first-order chi connectivity index (χ1) is 12.1.